The number of aromatic amines is 1. The summed E-state index contributed by atoms with van der Waals surface area (Å²) in [5.74, 6) is 0.838. The maximum absolute atomic E-state index is 5.56. The molecule has 0 aliphatic carbocycles. The molecule has 0 amide bonds. The van der Waals surface area contributed by atoms with Gasteiger partial charge in [0.15, 0.2) is 5.96 Å². The van der Waals surface area contributed by atoms with Gasteiger partial charge in [-0.25, -0.2) is 0 Å². The number of morpholine rings is 1. The van der Waals surface area contributed by atoms with Crippen LogP contribution < -0.4 is 10.6 Å². The summed E-state index contributed by atoms with van der Waals surface area (Å²) in [5.41, 5.74) is 5.13. The fourth-order valence-electron chi connectivity index (χ4n) is 4.26. The highest BCUT2D eigenvalue weighted by molar-refractivity contribution is 5.84. The maximum atomic E-state index is 5.56. The van der Waals surface area contributed by atoms with Gasteiger partial charge in [0.25, 0.3) is 0 Å². The quantitative estimate of drug-likeness (QED) is 0.406. The van der Waals surface area contributed by atoms with Gasteiger partial charge in [-0.3, -0.25) is 9.89 Å². The molecule has 6 heteroatoms. The zero-order valence-corrected chi connectivity index (χ0v) is 18.5. The first-order valence-electron chi connectivity index (χ1n) is 11.1. The number of nitrogens with one attached hydrogen (secondary N) is 3. The summed E-state index contributed by atoms with van der Waals surface area (Å²) in [6.45, 7) is 7.24. The molecule has 0 bridgehead atoms. The zero-order valence-electron chi connectivity index (χ0n) is 18.5. The normalized spacial score (nSPS) is 16.4. The number of aromatic nitrogens is 1. The highest BCUT2D eigenvalue weighted by atomic mass is 16.5. The van der Waals surface area contributed by atoms with Gasteiger partial charge >= 0.3 is 0 Å². The van der Waals surface area contributed by atoms with E-state index in [2.05, 4.69) is 87.2 Å². The molecule has 31 heavy (non-hydrogen) atoms. The van der Waals surface area contributed by atoms with Crippen molar-refractivity contribution in [1.29, 1.82) is 0 Å². The minimum atomic E-state index is 0.292. The molecule has 0 spiro atoms. The van der Waals surface area contributed by atoms with Crippen LogP contribution in [0.5, 0.6) is 0 Å². The first-order valence-corrected chi connectivity index (χ1v) is 11.1. The van der Waals surface area contributed by atoms with Crippen molar-refractivity contribution in [2.24, 2.45) is 4.99 Å². The topological polar surface area (TPSA) is 64.7 Å². The second-order valence-electron chi connectivity index (χ2n) is 8.07. The lowest BCUT2D eigenvalue weighted by Gasteiger charge is -2.35. The van der Waals surface area contributed by atoms with Crippen molar-refractivity contribution in [3.63, 3.8) is 0 Å². The van der Waals surface area contributed by atoms with Crippen LogP contribution >= 0.6 is 0 Å². The third-order valence-corrected chi connectivity index (χ3v) is 5.97. The Kier molecular flexibility index (Phi) is 7.22. The van der Waals surface area contributed by atoms with E-state index in [1.54, 1.807) is 0 Å². The summed E-state index contributed by atoms with van der Waals surface area (Å²) >= 11 is 0. The Bertz CT molecular complexity index is 992. The van der Waals surface area contributed by atoms with Gasteiger partial charge in [-0.2, -0.15) is 0 Å². The molecule has 6 nitrogen and oxygen atoms in total. The molecule has 2 heterocycles. The van der Waals surface area contributed by atoms with E-state index in [1.165, 1.54) is 27.6 Å². The SMILES string of the molecule is CN=C(NCCc1c[nH]c2cc(C)ccc12)NCC(c1ccccc1)N1CCOCC1. The Morgan fingerprint density at radius 3 is 2.71 bits per heavy atom. The summed E-state index contributed by atoms with van der Waals surface area (Å²) < 4.78 is 5.56. The van der Waals surface area contributed by atoms with Crippen molar-refractivity contribution < 1.29 is 4.74 Å². The van der Waals surface area contributed by atoms with E-state index < -0.39 is 0 Å². The van der Waals surface area contributed by atoms with Crippen molar-refractivity contribution in [3.8, 4) is 0 Å². The van der Waals surface area contributed by atoms with E-state index in [0.717, 1.165) is 51.8 Å². The van der Waals surface area contributed by atoms with Crippen LogP contribution in [0.4, 0.5) is 0 Å². The number of hydrogen-bond donors (Lipinski definition) is 3. The van der Waals surface area contributed by atoms with E-state index in [9.17, 15) is 0 Å². The molecule has 1 aliphatic heterocycles. The molecule has 3 N–H and O–H groups in total. The number of hydrogen-bond acceptors (Lipinski definition) is 3. The van der Waals surface area contributed by atoms with Crippen LogP contribution in [-0.4, -0.2) is 62.3 Å². The van der Waals surface area contributed by atoms with Crippen LogP contribution in [-0.2, 0) is 11.2 Å². The zero-order chi connectivity index (χ0) is 21.5. The Labute approximate surface area is 184 Å². The molecule has 1 saturated heterocycles. The van der Waals surface area contributed by atoms with Gasteiger partial charge in [0.2, 0.25) is 0 Å². The average molecular weight is 420 g/mol. The van der Waals surface area contributed by atoms with Crippen LogP contribution in [0.1, 0.15) is 22.7 Å². The van der Waals surface area contributed by atoms with Crippen LogP contribution in [0.15, 0.2) is 59.7 Å². The van der Waals surface area contributed by atoms with Crippen molar-refractivity contribution in [1.82, 2.24) is 20.5 Å². The van der Waals surface area contributed by atoms with Crippen molar-refractivity contribution in [2.45, 2.75) is 19.4 Å². The number of guanidine groups is 1. The molecule has 4 rings (SSSR count). The second-order valence-corrected chi connectivity index (χ2v) is 8.07. The molecule has 3 aromatic rings. The van der Waals surface area contributed by atoms with E-state index >= 15 is 0 Å². The second kappa shape index (κ2) is 10.5. The van der Waals surface area contributed by atoms with Crippen molar-refractivity contribution in [2.75, 3.05) is 46.4 Å². The molecular weight excluding hydrogens is 386 g/mol. The molecule has 1 unspecified atom stereocenters. The minimum absolute atomic E-state index is 0.292. The first kappa shape index (κ1) is 21.4. The van der Waals surface area contributed by atoms with Gasteiger partial charge in [-0.15, -0.1) is 0 Å². The summed E-state index contributed by atoms with van der Waals surface area (Å²) in [6, 6.07) is 17.6. The van der Waals surface area contributed by atoms with Gasteiger partial charge < -0.3 is 20.4 Å². The summed E-state index contributed by atoms with van der Waals surface area (Å²) in [6.07, 6.45) is 3.06. The van der Waals surface area contributed by atoms with Gasteiger partial charge in [-0.05, 0) is 36.1 Å². The van der Waals surface area contributed by atoms with E-state index in [4.69, 9.17) is 4.74 Å². The van der Waals surface area contributed by atoms with Crippen LogP contribution in [0, 0.1) is 6.92 Å². The lowest BCUT2D eigenvalue weighted by molar-refractivity contribution is 0.0170. The van der Waals surface area contributed by atoms with Crippen LogP contribution in [0.25, 0.3) is 10.9 Å². The Morgan fingerprint density at radius 2 is 1.94 bits per heavy atom. The fraction of sp³-hybridized carbons (Fsp3) is 0.400. The highest BCUT2D eigenvalue weighted by Gasteiger charge is 2.22. The lowest BCUT2D eigenvalue weighted by Crippen LogP contribution is -2.46. The third-order valence-electron chi connectivity index (χ3n) is 5.97. The van der Waals surface area contributed by atoms with Gasteiger partial charge in [0.1, 0.15) is 0 Å². The first-order chi connectivity index (χ1) is 15.2. The smallest absolute Gasteiger partial charge is 0.191 e. The molecular formula is C25H33N5O. The molecule has 0 radical (unpaired) electrons. The standard InChI is InChI=1S/C25H33N5O/c1-19-8-9-22-21(17-28-23(22)16-19)10-11-27-25(26-2)29-18-24(20-6-4-3-5-7-20)30-12-14-31-15-13-30/h3-9,16-17,24,28H,10-15,18H2,1-2H3,(H2,26,27,29). The van der Waals surface area contributed by atoms with Gasteiger partial charge in [-0.1, -0.05) is 42.5 Å². The number of rotatable bonds is 7. The average Bonchev–Trinajstić information content (AvgIpc) is 3.21. The molecule has 2 aromatic carbocycles. The third kappa shape index (κ3) is 5.46. The molecule has 1 atom stereocenters. The van der Waals surface area contributed by atoms with Crippen molar-refractivity contribution in [3.05, 3.63) is 71.4 Å². The Morgan fingerprint density at radius 1 is 1.13 bits per heavy atom. The fourth-order valence-corrected chi connectivity index (χ4v) is 4.26. The predicted octanol–water partition coefficient (Wildman–Crippen LogP) is 3.26. The Hall–Kier alpha value is -2.83. The predicted molar refractivity (Wildman–Crippen MR) is 128 cm³/mol. The largest absolute Gasteiger partial charge is 0.379 e. The number of ether oxygens (including phenoxy) is 1. The van der Waals surface area contributed by atoms with Crippen LogP contribution in [0.3, 0.4) is 0 Å². The number of nitrogens with zero attached hydrogens (tertiary/aromatic N) is 2. The number of H-pyrrole nitrogens is 1. The van der Waals surface area contributed by atoms with Gasteiger partial charge in [0.05, 0.1) is 19.3 Å². The highest BCUT2D eigenvalue weighted by Crippen LogP contribution is 2.21. The molecule has 1 aromatic heterocycles. The van der Waals surface area contributed by atoms with Crippen molar-refractivity contribution >= 4 is 16.9 Å². The van der Waals surface area contributed by atoms with E-state index in [0.29, 0.717) is 6.04 Å². The summed E-state index contributed by atoms with van der Waals surface area (Å²) in [4.78, 5) is 10.3. The van der Waals surface area contributed by atoms with Gasteiger partial charge in [0, 0.05) is 50.3 Å². The minimum Gasteiger partial charge on any atom is -0.379 e. The van der Waals surface area contributed by atoms with E-state index in [-0.39, 0.29) is 0 Å². The van der Waals surface area contributed by atoms with E-state index in [1.807, 2.05) is 7.05 Å². The number of aliphatic imine (C=N–C) groups is 1. The molecule has 1 fully saturated rings. The summed E-state index contributed by atoms with van der Waals surface area (Å²) in [5, 5.41) is 8.31. The molecule has 1 aliphatic rings. The molecule has 0 saturated carbocycles. The number of fused-ring (bicyclic) bond motifs is 1. The maximum Gasteiger partial charge on any atom is 0.191 e. The monoisotopic (exact) mass is 419 g/mol. The number of benzene rings is 2. The Balaban J connectivity index is 1.34. The summed E-state index contributed by atoms with van der Waals surface area (Å²) in [7, 11) is 1.83. The molecule has 164 valence electrons. The number of aryl methyl sites for hydroxylation is 1. The van der Waals surface area contributed by atoms with Crippen LogP contribution in [0.2, 0.25) is 0 Å². The lowest BCUT2D eigenvalue weighted by atomic mass is 10.0.